The van der Waals surface area contributed by atoms with Gasteiger partial charge in [0.1, 0.15) is 5.75 Å². The molecule has 126 valence electrons. The number of rotatable bonds is 3. The minimum atomic E-state index is 0.282. The molecule has 3 N–H and O–H groups in total. The first-order valence-corrected chi connectivity index (χ1v) is 9.20. The summed E-state index contributed by atoms with van der Waals surface area (Å²) in [5.74, 6) is 1.17. The minimum Gasteiger partial charge on any atom is -0.508 e. The van der Waals surface area contributed by atoms with Gasteiger partial charge in [-0.1, -0.05) is 44.6 Å². The van der Waals surface area contributed by atoms with Gasteiger partial charge in [0.05, 0.1) is 6.04 Å². The normalized spacial score (nSPS) is 21.1. The highest BCUT2D eigenvalue weighted by Gasteiger charge is 2.18. The van der Waals surface area contributed by atoms with Gasteiger partial charge in [-0.05, 0) is 37.8 Å². The quantitative estimate of drug-likeness (QED) is 0.440. The number of phenols is 1. The highest BCUT2D eigenvalue weighted by Crippen LogP contribution is 2.22. The van der Waals surface area contributed by atoms with Crippen LogP contribution in [0.1, 0.15) is 64.2 Å². The summed E-state index contributed by atoms with van der Waals surface area (Å²) in [5.41, 5.74) is 0.892. The predicted octanol–water partition coefficient (Wildman–Crippen LogP) is 4.42. The Hall–Kier alpha value is -1.71. The molecule has 0 aromatic heterocycles. The van der Waals surface area contributed by atoms with E-state index in [1.165, 1.54) is 64.2 Å². The van der Waals surface area contributed by atoms with Gasteiger partial charge in [-0.15, -0.1) is 0 Å². The lowest BCUT2D eigenvalue weighted by Gasteiger charge is -2.21. The van der Waals surface area contributed by atoms with Crippen LogP contribution in [-0.4, -0.2) is 23.1 Å². The van der Waals surface area contributed by atoms with Crippen LogP contribution in [0.25, 0.3) is 0 Å². The van der Waals surface area contributed by atoms with E-state index in [0.717, 1.165) is 11.6 Å². The van der Waals surface area contributed by atoms with E-state index in [2.05, 4.69) is 10.6 Å². The van der Waals surface area contributed by atoms with E-state index < -0.39 is 0 Å². The van der Waals surface area contributed by atoms with Crippen LogP contribution < -0.4 is 10.6 Å². The Balaban J connectivity index is 1.69. The third-order valence-electron chi connectivity index (χ3n) is 4.94. The Morgan fingerprint density at radius 3 is 2.35 bits per heavy atom. The zero-order valence-corrected chi connectivity index (χ0v) is 13.9. The van der Waals surface area contributed by atoms with Gasteiger partial charge in [0, 0.05) is 17.8 Å². The van der Waals surface area contributed by atoms with Crippen molar-refractivity contribution >= 4 is 11.6 Å². The smallest absolute Gasteiger partial charge is 0.196 e. The maximum atomic E-state index is 9.67. The van der Waals surface area contributed by atoms with Gasteiger partial charge in [-0.2, -0.15) is 0 Å². The highest BCUT2D eigenvalue weighted by molar-refractivity contribution is 5.94. The Kier molecular flexibility index (Phi) is 5.78. The molecule has 0 heterocycles. The first kappa shape index (κ1) is 16.2. The van der Waals surface area contributed by atoms with Gasteiger partial charge < -0.3 is 15.7 Å². The van der Waals surface area contributed by atoms with Crippen molar-refractivity contribution in [3.63, 3.8) is 0 Å². The first-order valence-electron chi connectivity index (χ1n) is 9.20. The molecular weight excluding hydrogens is 286 g/mol. The first-order chi connectivity index (χ1) is 11.3. The molecule has 0 spiro atoms. The fourth-order valence-electron chi connectivity index (χ4n) is 3.66. The number of nitrogens with zero attached hydrogens (tertiary/aromatic N) is 1. The van der Waals surface area contributed by atoms with E-state index >= 15 is 0 Å². The van der Waals surface area contributed by atoms with E-state index in [0.29, 0.717) is 12.1 Å². The van der Waals surface area contributed by atoms with Crippen molar-refractivity contribution in [3.05, 3.63) is 24.3 Å². The molecule has 0 saturated heterocycles. The second-order valence-corrected chi connectivity index (χ2v) is 6.92. The molecule has 0 bridgehead atoms. The lowest BCUT2D eigenvalue weighted by atomic mass is 10.1. The van der Waals surface area contributed by atoms with Crippen molar-refractivity contribution < 1.29 is 5.11 Å². The third kappa shape index (κ3) is 5.15. The molecule has 2 aliphatic rings. The van der Waals surface area contributed by atoms with E-state index in [1.54, 1.807) is 12.1 Å². The summed E-state index contributed by atoms with van der Waals surface area (Å²) in [5, 5.41) is 16.7. The summed E-state index contributed by atoms with van der Waals surface area (Å²) in [7, 11) is 0. The molecule has 0 atom stereocenters. The SMILES string of the molecule is Oc1cccc(NC(=NC2CCCC2)NC2CCCCCC2)c1. The van der Waals surface area contributed by atoms with Gasteiger partial charge in [0.15, 0.2) is 5.96 Å². The van der Waals surface area contributed by atoms with Gasteiger partial charge in [0.25, 0.3) is 0 Å². The summed E-state index contributed by atoms with van der Waals surface area (Å²) in [6.45, 7) is 0. The molecule has 2 saturated carbocycles. The number of nitrogens with one attached hydrogen (secondary N) is 2. The predicted molar refractivity (Wildman–Crippen MR) is 96.0 cm³/mol. The lowest BCUT2D eigenvalue weighted by Crippen LogP contribution is -2.39. The van der Waals surface area contributed by atoms with E-state index in [4.69, 9.17) is 4.99 Å². The Morgan fingerprint density at radius 1 is 0.957 bits per heavy atom. The zero-order valence-electron chi connectivity index (χ0n) is 13.9. The Bertz CT molecular complexity index is 515. The molecular formula is C19H29N3O. The monoisotopic (exact) mass is 315 g/mol. The van der Waals surface area contributed by atoms with Gasteiger partial charge in [0.2, 0.25) is 0 Å². The van der Waals surface area contributed by atoms with Crippen molar-refractivity contribution in [1.29, 1.82) is 0 Å². The molecule has 1 aromatic carbocycles. The Labute approximate surface area is 139 Å². The van der Waals surface area contributed by atoms with Crippen molar-refractivity contribution in [2.24, 2.45) is 4.99 Å². The van der Waals surface area contributed by atoms with E-state index in [-0.39, 0.29) is 5.75 Å². The number of phenolic OH excluding ortho intramolecular Hbond substituents is 1. The number of aromatic hydroxyl groups is 1. The van der Waals surface area contributed by atoms with Crippen molar-refractivity contribution in [2.45, 2.75) is 76.3 Å². The summed E-state index contributed by atoms with van der Waals surface area (Å²) in [4.78, 5) is 4.94. The molecule has 23 heavy (non-hydrogen) atoms. The summed E-state index contributed by atoms with van der Waals surface area (Å²) < 4.78 is 0. The Morgan fingerprint density at radius 2 is 1.65 bits per heavy atom. The topological polar surface area (TPSA) is 56.6 Å². The van der Waals surface area contributed by atoms with Gasteiger partial charge >= 0.3 is 0 Å². The van der Waals surface area contributed by atoms with Gasteiger partial charge in [-0.3, -0.25) is 0 Å². The number of aliphatic imine (C=N–C) groups is 1. The van der Waals surface area contributed by atoms with Crippen molar-refractivity contribution in [1.82, 2.24) is 5.32 Å². The molecule has 1 aromatic rings. The van der Waals surface area contributed by atoms with Crippen molar-refractivity contribution in [3.8, 4) is 5.75 Å². The van der Waals surface area contributed by atoms with Crippen LogP contribution in [0, 0.1) is 0 Å². The van der Waals surface area contributed by atoms with Gasteiger partial charge in [-0.25, -0.2) is 4.99 Å². The summed E-state index contributed by atoms with van der Waals surface area (Å²) in [6, 6.07) is 8.22. The van der Waals surface area contributed by atoms with Crippen molar-refractivity contribution in [2.75, 3.05) is 5.32 Å². The third-order valence-corrected chi connectivity index (χ3v) is 4.94. The largest absolute Gasteiger partial charge is 0.508 e. The summed E-state index contributed by atoms with van der Waals surface area (Å²) >= 11 is 0. The number of anilines is 1. The molecule has 2 fully saturated rings. The fourth-order valence-corrected chi connectivity index (χ4v) is 3.66. The highest BCUT2D eigenvalue weighted by atomic mass is 16.3. The molecule has 4 heteroatoms. The molecule has 0 aliphatic heterocycles. The molecule has 4 nitrogen and oxygen atoms in total. The van der Waals surface area contributed by atoms with Crippen LogP contribution in [0.4, 0.5) is 5.69 Å². The van der Waals surface area contributed by atoms with Crippen LogP contribution in [-0.2, 0) is 0 Å². The molecule has 3 rings (SSSR count). The van der Waals surface area contributed by atoms with Crippen LogP contribution in [0.3, 0.4) is 0 Å². The fraction of sp³-hybridized carbons (Fsp3) is 0.632. The number of hydrogen-bond acceptors (Lipinski definition) is 2. The molecule has 0 radical (unpaired) electrons. The minimum absolute atomic E-state index is 0.282. The maximum Gasteiger partial charge on any atom is 0.196 e. The number of guanidine groups is 1. The number of hydrogen-bond donors (Lipinski definition) is 3. The van der Waals surface area contributed by atoms with E-state index in [1.807, 2.05) is 12.1 Å². The van der Waals surface area contributed by atoms with E-state index in [9.17, 15) is 5.11 Å². The standard InChI is InChI=1S/C19H29N3O/c23-18-13-7-12-17(14-18)22-19(21-16-10-5-6-11-16)20-15-8-3-1-2-4-9-15/h7,12-16,23H,1-6,8-11H2,(H2,20,21,22). The van der Waals surface area contributed by atoms with Crippen LogP contribution in [0.2, 0.25) is 0 Å². The molecule has 0 amide bonds. The van der Waals surface area contributed by atoms with Crippen LogP contribution >= 0.6 is 0 Å². The average molecular weight is 315 g/mol. The second kappa shape index (κ2) is 8.23. The zero-order chi connectivity index (χ0) is 15.9. The lowest BCUT2D eigenvalue weighted by molar-refractivity contribution is 0.475. The maximum absolute atomic E-state index is 9.67. The molecule has 2 aliphatic carbocycles. The average Bonchev–Trinajstić information content (AvgIpc) is 2.90. The van der Waals surface area contributed by atoms with Crippen LogP contribution in [0.5, 0.6) is 5.75 Å². The number of benzene rings is 1. The molecule has 0 unspecified atom stereocenters. The van der Waals surface area contributed by atoms with Crippen LogP contribution in [0.15, 0.2) is 29.3 Å². The summed E-state index contributed by atoms with van der Waals surface area (Å²) in [6.07, 6.45) is 12.7. The second-order valence-electron chi connectivity index (χ2n) is 6.92.